The second-order valence-corrected chi connectivity index (χ2v) is 10.0. The summed E-state index contributed by atoms with van der Waals surface area (Å²) in [5.41, 5.74) is -0.488. The van der Waals surface area contributed by atoms with E-state index in [1.54, 1.807) is 0 Å². The number of nitrogens with zero attached hydrogens (tertiary/aromatic N) is 2. The average Bonchev–Trinajstić information content (AvgIpc) is 3.17. The first-order valence-corrected chi connectivity index (χ1v) is 11.4. The van der Waals surface area contributed by atoms with Gasteiger partial charge in [-0.15, -0.1) is 11.3 Å². The minimum Gasteiger partial charge on any atom is -0.494 e. The number of hydrogen-bond acceptors (Lipinski definition) is 7. The number of benzene rings is 1. The van der Waals surface area contributed by atoms with E-state index in [0.29, 0.717) is 5.39 Å². The van der Waals surface area contributed by atoms with Crippen molar-refractivity contribution in [3.05, 3.63) is 75.2 Å². The zero-order valence-electron chi connectivity index (χ0n) is 15.7. The molecule has 4 rings (SSSR count). The SMILES string of the molecule is O=C(Nc1ccc(-n2c(O)c3cc(F)ccc3cc2=O)nc1)NS(=O)(=O)c1ccc(Cl)s1. The van der Waals surface area contributed by atoms with E-state index in [2.05, 4.69) is 10.3 Å². The molecule has 32 heavy (non-hydrogen) atoms. The van der Waals surface area contributed by atoms with Crippen LogP contribution < -0.4 is 15.6 Å². The highest BCUT2D eigenvalue weighted by molar-refractivity contribution is 7.92. The first-order chi connectivity index (χ1) is 15.1. The first-order valence-electron chi connectivity index (χ1n) is 8.74. The number of aromatic hydroxyl groups is 1. The van der Waals surface area contributed by atoms with E-state index >= 15 is 0 Å². The molecular formula is C19H12ClFN4O5S2. The summed E-state index contributed by atoms with van der Waals surface area (Å²) in [5, 5.41) is 13.2. The van der Waals surface area contributed by atoms with E-state index in [-0.39, 0.29) is 25.4 Å². The van der Waals surface area contributed by atoms with Gasteiger partial charge in [0.05, 0.1) is 16.2 Å². The number of thiophene rings is 1. The van der Waals surface area contributed by atoms with Crippen LogP contribution in [0.25, 0.3) is 16.6 Å². The first kappa shape index (κ1) is 21.7. The molecule has 0 saturated heterocycles. The molecule has 0 spiro atoms. The molecule has 164 valence electrons. The lowest BCUT2D eigenvalue weighted by molar-refractivity contribution is 0.256. The van der Waals surface area contributed by atoms with Crippen LogP contribution in [0.4, 0.5) is 14.9 Å². The molecule has 0 aliphatic heterocycles. The van der Waals surface area contributed by atoms with Gasteiger partial charge in [0.25, 0.3) is 15.6 Å². The molecule has 9 nitrogen and oxygen atoms in total. The number of hydrogen-bond donors (Lipinski definition) is 3. The quantitative estimate of drug-likeness (QED) is 0.398. The van der Waals surface area contributed by atoms with Crippen molar-refractivity contribution in [2.45, 2.75) is 4.21 Å². The average molecular weight is 495 g/mol. The molecule has 0 bridgehead atoms. The van der Waals surface area contributed by atoms with Crippen LogP contribution in [0.5, 0.6) is 5.88 Å². The number of urea groups is 1. The standard InChI is InChI=1S/C19H12ClFN4O5S2/c20-14-4-6-17(31-14)32(29,30)24-19(28)23-12-3-5-15(22-9-12)25-16(26)7-10-1-2-11(21)8-13(10)18(25)27/h1-9,27H,(H2,23,24,28). The third-order valence-corrected chi connectivity index (χ3v) is 7.30. The number of aromatic nitrogens is 2. The zero-order valence-corrected chi connectivity index (χ0v) is 18.1. The molecule has 3 aromatic heterocycles. The molecular weight excluding hydrogens is 483 g/mol. The molecule has 0 unspecified atom stereocenters. The number of amides is 2. The highest BCUT2D eigenvalue weighted by atomic mass is 35.5. The summed E-state index contributed by atoms with van der Waals surface area (Å²) in [6.07, 6.45) is 1.16. The van der Waals surface area contributed by atoms with E-state index in [0.717, 1.165) is 28.2 Å². The molecule has 0 aliphatic rings. The van der Waals surface area contributed by atoms with Crippen LogP contribution in [-0.4, -0.2) is 29.1 Å². The van der Waals surface area contributed by atoms with Crippen LogP contribution in [0, 0.1) is 5.82 Å². The smallest absolute Gasteiger partial charge is 0.333 e. The van der Waals surface area contributed by atoms with Gasteiger partial charge in [-0.25, -0.2) is 31.9 Å². The van der Waals surface area contributed by atoms with Gasteiger partial charge in [0.1, 0.15) is 15.8 Å². The number of sulfonamides is 1. The van der Waals surface area contributed by atoms with E-state index < -0.39 is 33.3 Å². The maximum atomic E-state index is 13.5. The molecule has 13 heteroatoms. The van der Waals surface area contributed by atoms with E-state index in [1.807, 2.05) is 4.72 Å². The summed E-state index contributed by atoms with van der Waals surface area (Å²) in [7, 11) is -4.10. The van der Waals surface area contributed by atoms with Gasteiger partial charge in [-0.1, -0.05) is 17.7 Å². The number of rotatable bonds is 4. The predicted octanol–water partition coefficient (Wildman–Crippen LogP) is 3.46. The zero-order chi connectivity index (χ0) is 23.0. The van der Waals surface area contributed by atoms with E-state index in [1.165, 1.54) is 42.5 Å². The van der Waals surface area contributed by atoms with Gasteiger partial charge in [-0.3, -0.25) is 4.79 Å². The Kier molecular flexibility index (Phi) is 5.59. The topological polar surface area (TPSA) is 130 Å². The lowest BCUT2D eigenvalue weighted by Gasteiger charge is -2.11. The predicted molar refractivity (Wildman–Crippen MR) is 118 cm³/mol. The Bertz CT molecular complexity index is 1520. The highest BCUT2D eigenvalue weighted by Gasteiger charge is 2.20. The Morgan fingerprint density at radius 3 is 2.59 bits per heavy atom. The number of fused-ring (bicyclic) bond motifs is 1. The molecule has 4 aromatic rings. The van der Waals surface area contributed by atoms with Gasteiger partial charge >= 0.3 is 6.03 Å². The minimum atomic E-state index is -4.10. The maximum Gasteiger partial charge on any atom is 0.333 e. The fourth-order valence-electron chi connectivity index (χ4n) is 2.86. The Balaban J connectivity index is 1.56. The lowest BCUT2D eigenvalue weighted by atomic mass is 10.1. The Morgan fingerprint density at radius 2 is 1.94 bits per heavy atom. The van der Waals surface area contributed by atoms with E-state index in [9.17, 15) is 27.5 Å². The summed E-state index contributed by atoms with van der Waals surface area (Å²) in [6, 6.07) is 9.12. The Hall–Kier alpha value is -3.48. The fourth-order valence-corrected chi connectivity index (χ4v) is 5.25. The fraction of sp³-hybridized carbons (Fsp3) is 0. The van der Waals surface area contributed by atoms with Crippen molar-refractivity contribution in [2.24, 2.45) is 0 Å². The van der Waals surface area contributed by atoms with Gasteiger partial charge in [-0.05, 0) is 41.8 Å². The number of pyridine rings is 2. The summed E-state index contributed by atoms with van der Waals surface area (Å²) in [4.78, 5) is 28.5. The van der Waals surface area contributed by atoms with Crippen molar-refractivity contribution in [3.63, 3.8) is 0 Å². The molecule has 0 saturated carbocycles. The van der Waals surface area contributed by atoms with Gasteiger partial charge in [-0.2, -0.15) is 0 Å². The van der Waals surface area contributed by atoms with Gasteiger partial charge in [0.2, 0.25) is 5.88 Å². The molecule has 0 aliphatic carbocycles. The van der Waals surface area contributed by atoms with Crippen molar-refractivity contribution in [2.75, 3.05) is 5.32 Å². The summed E-state index contributed by atoms with van der Waals surface area (Å²) in [5.74, 6) is -1.08. The van der Waals surface area contributed by atoms with Crippen molar-refractivity contribution >= 4 is 55.5 Å². The van der Waals surface area contributed by atoms with Crippen molar-refractivity contribution in [1.82, 2.24) is 14.3 Å². The Labute approximate surface area is 188 Å². The number of carbonyl (C=O) groups excluding carboxylic acids is 1. The second kappa shape index (κ2) is 8.22. The van der Waals surface area contributed by atoms with Gasteiger partial charge in [0, 0.05) is 11.5 Å². The molecule has 2 amide bonds. The summed E-state index contributed by atoms with van der Waals surface area (Å²) >= 11 is 6.51. The van der Waals surface area contributed by atoms with Crippen LogP contribution in [0.15, 0.2) is 63.7 Å². The summed E-state index contributed by atoms with van der Waals surface area (Å²) in [6.45, 7) is 0. The number of halogens is 2. The van der Waals surface area contributed by atoms with Crippen LogP contribution in [0.1, 0.15) is 0 Å². The number of anilines is 1. The highest BCUT2D eigenvalue weighted by Crippen LogP contribution is 2.26. The summed E-state index contributed by atoms with van der Waals surface area (Å²) < 4.78 is 40.7. The van der Waals surface area contributed by atoms with Crippen LogP contribution in [-0.2, 0) is 10.0 Å². The third-order valence-electron chi connectivity index (χ3n) is 4.24. The maximum absolute atomic E-state index is 13.5. The normalized spacial score (nSPS) is 11.4. The van der Waals surface area contributed by atoms with Crippen LogP contribution >= 0.6 is 22.9 Å². The molecule has 1 aromatic carbocycles. The number of carbonyl (C=O) groups is 1. The molecule has 3 heterocycles. The monoisotopic (exact) mass is 494 g/mol. The molecule has 0 atom stereocenters. The second-order valence-electron chi connectivity index (χ2n) is 6.40. The molecule has 3 N–H and O–H groups in total. The van der Waals surface area contributed by atoms with Gasteiger partial charge < -0.3 is 10.4 Å². The molecule has 0 radical (unpaired) electrons. The third kappa shape index (κ3) is 4.28. The van der Waals surface area contributed by atoms with Crippen LogP contribution in [0.2, 0.25) is 4.34 Å². The van der Waals surface area contributed by atoms with Crippen molar-refractivity contribution < 1.29 is 22.7 Å². The number of nitrogens with one attached hydrogen (secondary N) is 2. The van der Waals surface area contributed by atoms with Crippen molar-refractivity contribution in [1.29, 1.82) is 0 Å². The molecule has 0 fully saturated rings. The largest absolute Gasteiger partial charge is 0.494 e. The Morgan fingerprint density at radius 1 is 1.16 bits per heavy atom. The minimum absolute atomic E-state index is 0.00506. The van der Waals surface area contributed by atoms with Crippen LogP contribution in [0.3, 0.4) is 0 Å². The lowest BCUT2D eigenvalue weighted by Crippen LogP contribution is -2.34. The van der Waals surface area contributed by atoms with E-state index in [4.69, 9.17) is 11.6 Å². The van der Waals surface area contributed by atoms with Gasteiger partial charge in [0.15, 0.2) is 0 Å². The van der Waals surface area contributed by atoms with Crippen molar-refractivity contribution in [3.8, 4) is 11.7 Å².